The molecule has 318 valence electrons. The third kappa shape index (κ3) is 5.55. The number of para-hydroxylation sites is 2. The summed E-state index contributed by atoms with van der Waals surface area (Å²) in [6.07, 6.45) is 16.0. The molecule has 0 heterocycles. The molecule has 9 aliphatic carbocycles. The Morgan fingerprint density at radius 3 is 1.32 bits per heavy atom. The lowest BCUT2D eigenvalue weighted by Gasteiger charge is -2.61. The van der Waals surface area contributed by atoms with Gasteiger partial charge in [-0.25, -0.2) is 0 Å². The van der Waals surface area contributed by atoms with Crippen molar-refractivity contribution in [2.75, 3.05) is 11.5 Å². The van der Waals surface area contributed by atoms with Crippen molar-refractivity contribution in [1.29, 1.82) is 0 Å². The zero-order chi connectivity index (χ0) is 42.2. The van der Waals surface area contributed by atoms with Gasteiger partial charge in [0.25, 0.3) is 0 Å². The molecule has 6 nitrogen and oxygen atoms in total. The average molecular weight is 833 g/mol. The maximum atomic E-state index is 10.8. The second-order valence-corrected chi connectivity index (χ2v) is 21.2. The van der Waals surface area contributed by atoms with E-state index in [9.17, 15) is 10.2 Å². The van der Waals surface area contributed by atoms with Crippen LogP contribution < -0.4 is 20.9 Å². The van der Waals surface area contributed by atoms with Gasteiger partial charge in [-0.15, -0.1) is 0 Å². The van der Waals surface area contributed by atoms with Crippen molar-refractivity contribution in [3.63, 3.8) is 0 Å². The summed E-state index contributed by atoms with van der Waals surface area (Å²) in [6.45, 7) is 0. The molecule has 0 amide bonds. The number of phenolic OH excluding ortho intramolecular Hbond substituents is 2. The molecule has 0 radical (unpaired) electrons. The van der Waals surface area contributed by atoms with Crippen molar-refractivity contribution in [1.82, 2.24) is 0 Å². The van der Waals surface area contributed by atoms with Gasteiger partial charge in [-0.3, -0.25) is 0 Å². The van der Waals surface area contributed by atoms with Crippen molar-refractivity contribution < 1.29 is 19.7 Å². The molecule has 6 heteroatoms. The van der Waals surface area contributed by atoms with Crippen molar-refractivity contribution in [3.8, 4) is 45.6 Å². The number of fused-ring (bicyclic) bond motifs is 3. The van der Waals surface area contributed by atoms with Crippen LogP contribution >= 0.6 is 0 Å². The van der Waals surface area contributed by atoms with Crippen LogP contribution in [-0.4, -0.2) is 10.2 Å². The summed E-state index contributed by atoms with van der Waals surface area (Å²) in [5.41, 5.74) is 22.7. The lowest BCUT2D eigenvalue weighted by molar-refractivity contribution is -0.0178. The number of nitrogens with two attached hydrogens (primary N) is 2. The highest BCUT2D eigenvalue weighted by atomic mass is 16.5. The summed E-state index contributed by atoms with van der Waals surface area (Å²) < 4.78 is 14.1. The number of nitrogen functional groups attached to an aromatic ring is 2. The lowest BCUT2D eigenvalue weighted by Crippen LogP contribution is -2.53. The van der Waals surface area contributed by atoms with E-state index in [1.54, 1.807) is 35.4 Å². The van der Waals surface area contributed by atoms with E-state index in [0.717, 1.165) is 46.6 Å². The van der Waals surface area contributed by atoms with Crippen LogP contribution in [0.5, 0.6) is 34.5 Å². The Morgan fingerprint density at radius 2 is 0.841 bits per heavy atom. The first kappa shape index (κ1) is 37.7. The Morgan fingerprint density at radius 1 is 0.413 bits per heavy atom. The topological polar surface area (TPSA) is 111 Å². The zero-order valence-electron chi connectivity index (χ0n) is 35.9. The minimum absolute atomic E-state index is 0.00827. The molecule has 8 saturated carbocycles. The SMILES string of the molecule is Nc1ccc(Oc2ccccc2C2(c3ccccc3Oc3ccc(N)c(O)c3)c3ccccc3-c3ccc(C45CC6CC(CC(C6)C4)C5)c(C45CC6CC(CC(C6)C4)C5)c32)cc1O. The molecular weight excluding hydrogens is 777 g/mol. The van der Waals surface area contributed by atoms with E-state index < -0.39 is 5.41 Å². The first-order valence-corrected chi connectivity index (χ1v) is 23.7. The third-order valence-corrected chi connectivity index (χ3v) is 17.4. The second-order valence-electron chi connectivity index (χ2n) is 21.2. The van der Waals surface area contributed by atoms with Crippen LogP contribution in [0.3, 0.4) is 0 Å². The Kier molecular flexibility index (Phi) is 8.11. The molecule has 8 bridgehead atoms. The van der Waals surface area contributed by atoms with Gasteiger partial charge in [0, 0.05) is 23.3 Å². The molecule has 0 atom stereocenters. The maximum absolute atomic E-state index is 10.8. The molecular formula is C57H56N2O4. The van der Waals surface area contributed by atoms with Gasteiger partial charge in [0.2, 0.25) is 0 Å². The number of hydrogen-bond donors (Lipinski definition) is 4. The predicted molar refractivity (Wildman–Crippen MR) is 249 cm³/mol. The van der Waals surface area contributed by atoms with Gasteiger partial charge in [0.15, 0.2) is 0 Å². The molecule has 0 spiro atoms. The number of phenols is 2. The summed E-state index contributed by atoms with van der Waals surface area (Å²) in [7, 11) is 0. The molecule has 6 aromatic rings. The maximum Gasteiger partial charge on any atom is 0.142 e. The highest BCUT2D eigenvalue weighted by Gasteiger charge is 2.61. The highest BCUT2D eigenvalue weighted by Crippen LogP contribution is 2.70. The fourth-order valence-corrected chi connectivity index (χ4v) is 16.1. The number of anilines is 2. The van der Waals surface area contributed by atoms with Gasteiger partial charge in [-0.2, -0.15) is 0 Å². The van der Waals surface area contributed by atoms with Crippen LogP contribution in [0.2, 0.25) is 0 Å². The van der Waals surface area contributed by atoms with E-state index in [-0.39, 0.29) is 22.3 Å². The monoisotopic (exact) mass is 832 g/mol. The minimum atomic E-state index is -0.887. The lowest BCUT2D eigenvalue weighted by atomic mass is 9.43. The van der Waals surface area contributed by atoms with Crippen LogP contribution in [0.1, 0.15) is 110 Å². The normalized spacial score (nSPS) is 30.0. The van der Waals surface area contributed by atoms with E-state index in [1.807, 2.05) is 12.1 Å². The fraction of sp³-hybridized carbons (Fsp3) is 0.368. The van der Waals surface area contributed by atoms with Gasteiger partial charge in [0.1, 0.15) is 34.5 Å². The van der Waals surface area contributed by atoms with Gasteiger partial charge >= 0.3 is 0 Å². The van der Waals surface area contributed by atoms with E-state index in [4.69, 9.17) is 20.9 Å². The fourth-order valence-electron chi connectivity index (χ4n) is 16.1. The van der Waals surface area contributed by atoms with Crippen LogP contribution in [0.15, 0.2) is 121 Å². The Bertz CT molecular complexity index is 2670. The van der Waals surface area contributed by atoms with Gasteiger partial charge in [-0.05, 0) is 193 Å². The van der Waals surface area contributed by atoms with Crippen LogP contribution in [-0.2, 0) is 16.2 Å². The van der Waals surface area contributed by atoms with Crippen molar-refractivity contribution in [3.05, 3.63) is 155 Å². The number of aromatic hydroxyl groups is 2. The van der Waals surface area contributed by atoms with Crippen LogP contribution in [0.25, 0.3) is 11.1 Å². The molecule has 0 aromatic heterocycles. The third-order valence-electron chi connectivity index (χ3n) is 17.4. The summed E-state index contributed by atoms with van der Waals surface area (Å²) in [4.78, 5) is 0. The van der Waals surface area contributed by atoms with Crippen LogP contribution in [0, 0.1) is 35.5 Å². The number of hydrogen-bond acceptors (Lipinski definition) is 6. The Hall–Kier alpha value is -5.88. The van der Waals surface area contributed by atoms with Crippen molar-refractivity contribution in [2.24, 2.45) is 35.5 Å². The molecule has 63 heavy (non-hydrogen) atoms. The van der Waals surface area contributed by atoms with E-state index in [0.29, 0.717) is 34.4 Å². The van der Waals surface area contributed by atoms with Crippen molar-refractivity contribution in [2.45, 2.75) is 93.3 Å². The minimum Gasteiger partial charge on any atom is -0.506 e. The first-order chi connectivity index (χ1) is 30.7. The Balaban J connectivity index is 1.15. The summed E-state index contributed by atoms with van der Waals surface area (Å²) >= 11 is 0. The molecule has 6 aromatic carbocycles. The quantitative estimate of drug-likeness (QED) is 0.0896. The van der Waals surface area contributed by atoms with Crippen molar-refractivity contribution >= 4 is 11.4 Å². The van der Waals surface area contributed by atoms with Crippen LogP contribution in [0.4, 0.5) is 11.4 Å². The standard InChI is InChI=1S/C57H56N2O4/c58-47-17-13-39(25-49(47)60)62-51-11-5-3-9-44(51)57(45-10-4-6-12-52(45)63-40-14-18-48(59)50(61)26-40)43-8-2-1-7-41(43)42-15-16-46(55-27-33-19-34(28-55)21-35(20-33)29-55)54(53(42)57)56-30-36-22-37(31-56)24-38(23-36)32-56/h1-18,25-26,33-38,60-61H,19-24,27-32,58-59H2. The van der Waals surface area contributed by atoms with Gasteiger partial charge < -0.3 is 31.2 Å². The smallest absolute Gasteiger partial charge is 0.142 e. The molecule has 15 rings (SSSR count). The van der Waals surface area contributed by atoms with E-state index in [2.05, 4.69) is 84.9 Å². The highest BCUT2D eigenvalue weighted by molar-refractivity contribution is 5.90. The van der Waals surface area contributed by atoms with Gasteiger partial charge in [-0.1, -0.05) is 72.8 Å². The zero-order valence-corrected chi connectivity index (χ0v) is 35.9. The van der Waals surface area contributed by atoms with E-state index >= 15 is 0 Å². The van der Waals surface area contributed by atoms with E-state index in [1.165, 1.54) is 99.3 Å². The summed E-state index contributed by atoms with van der Waals surface area (Å²) in [5.74, 6) is 7.15. The summed E-state index contributed by atoms with van der Waals surface area (Å²) in [6, 6.07) is 41.7. The number of rotatable bonds is 8. The predicted octanol–water partition coefficient (Wildman–Crippen LogP) is 13.1. The average Bonchev–Trinajstić information content (AvgIpc) is 3.56. The number of ether oxygens (including phenoxy) is 2. The molecule has 6 N–H and O–H groups in total. The Labute approximate surface area is 370 Å². The van der Waals surface area contributed by atoms with Gasteiger partial charge in [0.05, 0.1) is 16.8 Å². The molecule has 0 aliphatic heterocycles. The number of benzene rings is 6. The molecule has 0 unspecified atom stereocenters. The molecule has 0 saturated heterocycles. The molecule has 8 fully saturated rings. The summed E-state index contributed by atoms with van der Waals surface area (Å²) in [5, 5.41) is 21.7. The molecule has 9 aliphatic rings. The largest absolute Gasteiger partial charge is 0.506 e. The first-order valence-electron chi connectivity index (χ1n) is 23.7. The second kappa shape index (κ2) is 13.6.